The lowest BCUT2D eigenvalue weighted by molar-refractivity contribution is 0.0955. The van der Waals surface area contributed by atoms with Crippen molar-refractivity contribution in [2.75, 3.05) is 6.54 Å². The van der Waals surface area contributed by atoms with Crippen molar-refractivity contribution in [2.45, 2.75) is 13.3 Å². The number of aryl methyl sites for hydroxylation is 2. The monoisotopic (exact) mass is 421 g/mol. The Balaban J connectivity index is 1.45. The summed E-state index contributed by atoms with van der Waals surface area (Å²) in [5.41, 5.74) is 5.89. The molecule has 6 nitrogen and oxygen atoms in total. The van der Waals surface area contributed by atoms with Crippen molar-refractivity contribution in [3.8, 4) is 11.3 Å². The van der Waals surface area contributed by atoms with E-state index in [4.69, 9.17) is 4.98 Å². The fourth-order valence-corrected chi connectivity index (χ4v) is 4.16. The van der Waals surface area contributed by atoms with Gasteiger partial charge in [0.25, 0.3) is 5.91 Å². The maximum Gasteiger partial charge on any atom is 0.252 e. The van der Waals surface area contributed by atoms with E-state index in [2.05, 4.69) is 33.6 Å². The highest BCUT2D eigenvalue weighted by Crippen LogP contribution is 2.26. The van der Waals surface area contributed by atoms with Crippen LogP contribution >= 0.6 is 0 Å². The van der Waals surface area contributed by atoms with Gasteiger partial charge >= 0.3 is 0 Å². The van der Waals surface area contributed by atoms with Crippen LogP contribution in [-0.2, 0) is 13.5 Å². The molecule has 0 aliphatic heterocycles. The van der Waals surface area contributed by atoms with Crippen LogP contribution in [0.1, 0.15) is 21.6 Å². The molecular weight excluding hydrogens is 398 g/mol. The van der Waals surface area contributed by atoms with Crippen LogP contribution in [0.2, 0.25) is 0 Å². The number of fused-ring (bicyclic) bond motifs is 2. The molecule has 0 saturated heterocycles. The molecule has 0 radical (unpaired) electrons. The van der Waals surface area contributed by atoms with Crippen LogP contribution in [0.4, 0.5) is 0 Å². The van der Waals surface area contributed by atoms with Gasteiger partial charge in [0.05, 0.1) is 27.9 Å². The summed E-state index contributed by atoms with van der Waals surface area (Å²) in [4.78, 5) is 22.6. The SMILES string of the molecule is Cc1nn(C)c2nc(-c3ccccc3)cc(C(=O)NCCc3cccc4cccnc34)c12. The molecule has 5 rings (SSSR count). The average molecular weight is 422 g/mol. The van der Waals surface area contributed by atoms with Crippen LogP contribution in [0.5, 0.6) is 0 Å². The van der Waals surface area contributed by atoms with E-state index in [9.17, 15) is 4.79 Å². The molecule has 0 saturated carbocycles. The van der Waals surface area contributed by atoms with Crippen LogP contribution in [0.3, 0.4) is 0 Å². The number of pyridine rings is 2. The van der Waals surface area contributed by atoms with E-state index in [1.54, 1.807) is 10.9 Å². The van der Waals surface area contributed by atoms with Gasteiger partial charge in [-0.2, -0.15) is 5.10 Å². The summed E-state index contributed by atoms with van der Waals surface area (Å²) in [5, 5.41) is 9.47. The molecule has 158 valence electrons. The van der Waals surface area contributed by atoms with E-state index in [1.807, 2.05) is 62.5 Å². The minimum absolute atomic E-state index is 0.126. The van der Waals surface area contributed by atoms with Gasteiger partial charge in [0.2, 0.25) is 0 Å². The van der Waals surface area contributed by atoms with Gasteiger partial charge in [0.15, 0.2) is 5.65 Å². The predicted molar refractivity (Wildman–Crippen MR) is 126 cm³/mol. The summed E-state index contributed by atoms with van der Waals surface area (Å²) in [6, 6.07) is 21.9. The number of hydrogen-bond donors (Lipinski definition) is 1. The Morgan fingerprint density at radius 1 is 1.03 bits per heavy atom. The molecule has 32 heavy (non-hydrogen) atoms. The quantitative estimate of drug-likeness (QED) is 0.455. The van der Waals surface area contributed by atoms with Gasteiger partial charge in [0, 0.05) is 30.7 Å². The smallest absolute Gasteiger partial charge is 0.252 e. The third-order valence-corrected chi connectivity index (χ3v) is 5.68. The molecule has 0 fully saturated rings. The van der Waals surface area contributed by atoms with Crippen molar-refractivity contribution >= 4 is 27.8 Å². The number of para-hydroxylation sites is 1. The first-order valence-corrected chi connectivity index (χ1v) is 10.6. The summed E-state index contributed by atoms with van der Waals surface area (Å²) in [7, 11) is 1.85. The van der Waals surface area contributed by atoms with Crippen LogP contribution in [0.15, 0.2) is 72.9 Å². The zero-order chi connectivity index (χ0) is 22.1. The standard InChI is InChI=1S/C26H23N5O/c1-17-23-21(16-22(18-8-4-3-5-9-18)29-25(23)31(2)30-17)26(32)28-15-13-20-11-6-10-19-12-7-14-27-24(19)20/h3-12,14,16H,13,15H2,1-2H3,(H,28,32). The van der Waals surface area contributed by atoms with Gasteiger partial charge in [-0.1, -0.05) is 54.6 Å². The zero-order valence-electron chi connectivity index (χ0n) is 18.0. The number of carbonyl (C=O) groups excluding carboxylic acids is 1. The van der Waals surface area contributed by atoms with Gasteiger partial charge in [-0.15, -0.1) is 0 Å². The Morgan fingerprint density at radius 2 is 1.84 bits per heavy atom. The Hall–Kier alpha value is -4.06. The molecular formula is C26H23N5O. The Bertz CT molecular complexity index is 1430. The van der Waals surface area contributed by atoms with Gasteiger partial charge in [-0.25, -0.2) is 4.98 Å². The highest BCUT2D eigenvalue weighted by atomic mass is 16.1. The fraction of sp³-hybridized carbons (Fsp3) is 0.154. The van der Waals surface area contributed by atoms with Crippen molar-refractivity contribution in [3.05, 3.63) is 89.7 Å². The second-order valence-electron chi connectivity index (χ2n) is 7.83. The lowest BCUT2D eigenvalue weighted by Crippen LogP contribution is -2.26. The Kier molecular flexibility index (Phi) is 5.11. The highest BCUT2D eigenvalue weighted by Gasteiger charge is 2.19. The fourth-order valence-electron chi connectivity index (χ4n) is 4.16. The number of nitrogens with zero attached hydrogens (tertiary/aromatic N) is 4. The first-order valence-electron chi connectivity index (χ1n) is 10.6. The number of benzene rings is 2. The number of amides is 1. The van der Waals surface area contributed by atoms with Gasteiger partial charge in [-0.05, 0) is 31.0 Å². The van der Waals surface area contributed by atoms with E-state index < -0.39 is 0 Å². The topological polar surface area (TPSA) is 72.7 Å². The van der Waals surface area contributed by atoms with E-state index in [0.717, 1.165) is 38.8 Å². The van der Waals surface area contributed by atoms with Crippen LogP contribution in [0, 0.1) is 6.92 Å². The molecule has 0 spiro atoms. The molecule has 6 heteroatoms. The normalized spacial score (nSPS) is 11.2. The first-order chi connectivity index (χ1) is 15.6. The molecule has 0 unspecified atom stereocenters. The molecule has 5 aromatic rings. The molecule has 2 aromatic carbocycles. The van der Waals surface area contributed by atoms with Crippen molar-refractivity contribution < 1.29 is 4.79 Å². The Labute approximate surface area is 185 Å². The summed E-state index contributed by atoms with van der Waals surface area (Å²) < 4.78 is 1.73. The molecule has 3 aromatic heterocycles. The largest absolute Gasteiger partial charge is 0.352 e. The third kappa shape index (κ3) is 3.60. The van der Waals surface area contributed by atoms with Crippen LogP contribution in [0.25, 0.3) is 33.2 Å². The minimum Gasteiger partial charge on any atom is -0.352 e. The number of aromatic nitrogens is 4. The van der Waals surface area contributed by atoms with E-state index in [1.165, 1.54) is 0 Å². The number of nitrogens with one attached hydrogen (secondary N) is 1. The van der Waals surface area contributed by atoms with Crippen molar-refractivity contribution in [1.82, 2.24) is 25.1 Å². The molecule has 0 bridgehead atoms. The molecule has 0 aliphatic carbocycles. The minimum atomic E-state index is -0.126. The first kappa shape index (κ1) is 19.9. The van der Waals surface area contributed by atoms with Crippen molar-refractivity contribution in [3.63, 3.8) is 0 Å². The predicted octanol–water partition coefficient (Wildman–Crippen LogP) is 4.46. The van der Waals surface area contributed by atoms with Crippen LogP contribution in [-0.4, -0.2) is 32.2 Å². The van der Waals surface area contributed by atoms with E-state index in [0.29, 0.717) is 24.2 Å². The molecule has 0 aliphatic rings. The van der Waals surface area contributed by atoms with Crippen LogP contribution < -0.4 is 5.32 Å². The highest BCUT2D eigenvalue weighted by molar-refractivity contribution is 6.07. The second-order valence-corrected chi connectivity index (χ2v) is 7.83. The van der Waals surface area contributed by atoms with Crippen molar-refractivity contribution in [2.24, 2.45) is 7.05 Å². The van der Waals surface area contributed by atoms with Gasteiger partial charge in [0.1, 0.15) is 0 Å². The van der Waals surface area contributed by atoms with Gasteiger partial charge < -0.3 is 5.32 Å². The number of carbonyl (C=O) groups is 1. The Morgan fingerprint density at radius 3 is 2.69 bits per heavy atom. The van der Waals surface area contributed by atoms with E-state index >= 15 is 0 Å². The third-order valence-electron chi connectivity index (χ3n) is 5.68. The summed E-state index contributed by atoms with van der Waals surface area (Å²) >= 11 is 0. The van der Waals surface area contributed by atoms with Gasteiger partial charge in [-0.3, -0.25) is 14.5 Å². The number of rotatable bonds is 5. The number of hydrogen-bond acceptors (Lipinski definition) is 4. The molecule has 0 atom stereocenters. The average Bonchev–Trinajstić information content (AvgIpc) is 3.12. The maximum absolute atomic E-state index is 13.3. The van der Waals surface area contributed by atoms with E-state index in [-0.39, 0.29) is 5.91 Å². The summed E-state index contributed by atoms with van der Waals surface area (Å²) in [6.45, 7) is 2.42. The molecule has 3 heterocycles. The van der Waals surface area contributed by atoms with Crippen molar-refractivity contribution in [1.29, 1.82) is 0 Å². The lowest BCUT2D eigenvalue weighted by atomic mass is 10.0. The lowest BCUT2D eigenvalue weighted by Gasteiger charge is -2.10. The maximum atomic E-state index is 13.3. The zero-order valence-corrected chi connectivity index (χ0v) is 18.0. The summed E-state index contributed by atoms with van der Waals surface area (Å²) in [6.07, 6.45) is 2.50. The molecule has 1 amide bonds. The molecule has 1 N–H and O–H groups in total. The second kappa shape index (κ2) is 8.23. The summed E-state index contributed by atoms with van der Waals surface area (Å²) in [5.74, 6) is -0.126.